The molecule has 16 heavy (non-hydrogen) atoms. The van der Waals surface area contributed by atoms with Gasteiger partial charge in [0.1, 0.15) is 0 Å². The predicted molar refractivity (Wildman–Crippen MR) is 54.9 cm³/mol. The summed E-state index contributed by atoms with van der Waals surface area (Å²) in [5.41, 5.74) is 0. The SMILES string of the molecule is COC(=O)C1CNS(=O)(=O)CCNC(=O)C1. The van der Waals surface area contributed by atoms with Crippen molar-refractivity contribution in [3.8, 4) is 0 Å². The molecule has 1 aliphatic heterocycles. The summed E-state index contributed by atoms with van der Waals surface area (Å²) in [6.45, 7) is -0.0650. The topological polar surface area (TPSA) is 102 Å². The van der Waals surface area contributed by atoms with Gasteiger partial charge in [-0.15, -0.1) is 0 Å². The second-order valence-corrected chi connectivity index (χ2v) is 5.37. The Morgan fingerprint density at radius 2 is 2.19 bits per heavy atom. The number of rotatable bonds is 1. The van der Waals surface area contributed by atoms with Crippen LogP contribution in [0.3, 0.4) is 0 Å². The van der Waals surface area contributed by atoms with Crippen LogP contribution in [0.4, 0.5) is 0 Å². The van der Waals surface area contributed by atoms with E-state index in [-0.39, 0.29) is 31.2 Å². The third kappa shape index (κ3) is 3.78. The first-order valence-corrected chi connectivity index (χ1v) is 6.41. The van der Waals surface area contributed by atoms with E-state index >= 15 is 0 Å². The number of esters is 1. The molecule has 0 radical (unpaired) electrons. The fourth-order valence-electron chi connectivity index (χ4n) is 1.33. The smallest absolute Gasteiger partial charge is 0.310 e. The molecule has 8 heteroatoms. The Hall–Kier alpha value is -1.15. The Morgan fingerprint density at radius 1 is 1.50 bits per heavy atom. The van der Waals surface area contributed by atoms with Crippen molar-refractivity contribution in [3.05, 3.63) is 0 Å². The maximum Gasteiger partial charge on any atom is 0.310 e. The van der Waals surface area contributed by atoms with Gasteiger partial charge in [0, 0.05) is 19.5 Å². The number of hydrogen-bond acceptors (Lipinski definition) is 5. The molecule has 1 heterocycles. The maximum atomic E-state index is 11.3. The lowest BCUT2D eigenvalue weighted by Crippen LogP contribution is -2.34. The third-order valence-corrected chi connectivity index (χ3v) is 3.56. The fraction of sp³-hybridized carbons (Fsp3) is 0.750. The van der Waals surface area contributed by atoms with Crippen molar-refractivity contribution >= 4 is 21.9 Å². The van der Waals surface area contributed by atoms with Crippen molar-refractivity contribution in [1.82, 2.24) is 10.0 Å². The highest BCUT2D eigenvalue weighted by Gasteiger charge is 2.26. The van der Waals surface area contributed by atoms with E-state index in [2.05, 4.69) is 14.8 Å². The van der Waals surface area contributed by atoms with Crippen molar-refractivity contribution < 1.29 is 22.7 Å². The van der Waals surface area contributed by atoms with E-state index in [9.17, 15) is 18.0 Å². The molecule has 0 spiro atoms. The lowest BCUT2D eigenvalue weighted by Gasteiger charge is -2.12. The van der Waals surface area contributed by atoms with Crippen LogP contribution in [0, 0.1) is 5.92 Å². The Labute approximate surface area is 93.6 Å². The van der Waals surface area contributed by atoms with Gasteiger partial charge in [0.15, 0.2) is 0 Å². The summed E-state index contributed by atoms with van der Waals surface area (Å²) in [4.78, 5) is 22.6. The molecule has 1 atom stereocenters. The molecule has 0 aliphatic carbocycles. The standard InChI is InChI=1S/C8H14N2O5S/c1-15-8(12)6-4-7(11)9-2-3-16(13,14)10-5-6/h6,10H,2-5H2,1H3,(H,9,11). The van der Waals surface area contributed by atoms with Crippen LogP contribution >= 0.6 is 0 Å². The molecule has 2 N–H and O–H groups in total. The van der Waals surface area contributed by atoms with Gasteiger partial charge in [-0.25, -0.2) is 13.1 Å². The number of carbonyl (C=O) groups is 2. The van der Waals surface area contributed by atoms with Crippen molar-refractivity contribution in [1.29, 1.82) is 0 Å². The lowest BCUT2D eigenvalue weighted by atomic mass is 10.1. The molecule has 0 aromatic heterocycles. The summed E-state index contributed by atoms with van der Waals surface area (Å²) in [6.07, 6.45) is -0.0742. The van der Waals surface area contributed by atoms with E-state index in [1.165, 1.54) is 7.11 Å². The molecule has 1 rings (SSSR count). The fourth-order valence-corrected chi connectivity index (χ4v) is 2.30. The van der Waals surface area contributed by atoms with Gasteiger partial charge in [0.2, 0.25) is 15.9 Å². The second kappa shape index (κ2) is 5.26. The van der Waals surface area contributed by atoms with Crippen LogP contribution < -0.4 is 10.0 Å². The largest absolute Gasteiger partial charge is 0.469 e. The Bertz CT molecular complexity index is 378. The average Bonchev–Trinajstić information content (AvgIpc) is 2.27. The molecule has 7 nitrogen and oxygen atoms in total. The van der Waals surface area contributed by atoms with E-state index in [4.69, 9.17) is 0 Å². The molecular formula is C8H14N2O5S. The van der Waals surface area contributed by atoms with Gasteiger partial charge < -0.3 is 10.1 Å². The van der Waals surface area contributed by atoms with Crippen molar-refractivity contribution in [3.63, 3.8) is 0 Å². The number of ether oxygens (including phenoxy) is 1. The van der Waals surface area contributed by atoms with Gasteiger partial charge in [0.25, 0.3) is 0 Å². The summed E-state index contributed by atoms with van der Waals surface area (Å²) in [5.74, 6) is -1.92. The number of hydrogen-bond donors (Lipinski definition) is 2. The molecule has 1 unspecified atom stereocenters. The lowest BCUT2D eigenvalue weighted by molar-refractivity contribution is -0.147. The minimum Gasteiger partial charge on any atom is -0.469 e. The molecule has 0 aromatic carbocycles. The van der Waals surface area contributed by atoms with Crippen molar-refractivity contribution in [2.75, 3.05) is 26.0 Å². The minimum atomic E-state index is -3.44. The van der Waals surface area contributed by atoms with Crippen molar-refractivity contribution in [2.24, 2.45) is 5.92 Å². The van der Waals surface area contributed by atoms with Gasteiger partial charge in [-0.3, -0.25) is 9.59 Å². The van der Waals surface area contributed by atoms with Crippen LogP contribution in [0.5, 0.6) is 0 Å². The molecule has 1 fully saturated rings. The number of sulfonamides is 1. The van der Waals surface area contributed by atoms with Gasteiger partial charge in [-0.1, -0.05) is 0 Å². The monoisotopic (exact) mass is 250 g/mol. The van der Waals surface area contributed by atoms with E-state index in [1.807, 2.05) is 0 Å². The molecular weight excluding hydrogens is 236 g/mol. The van der Waals surface area contributed by atoms with Gasteiger partial charge in [-0.2, -0.15) is 0 Å². The van der Waals surface area contributed by atoms with Crippen LogP contribution in [-0.4, -0.2) is 46.2 Å². The summed E-state index contributed by atoms with van der Waals surface area (Å²) in [6, 6.07) is 0. The minimum absolute atomic E-state index is 0.0437. The highest BCUT2D eigenvalue weighted by Crippen LogP contribution is 2.06. The number of methoxy groups -OCH3 is 1. The van der Waals surface area contributed by atoms with Crippen molar-refractivity contribution in [2.45, 2.75) is 6.42 Å². The van der Waals surface area contributed by atoms with Gasteiger partial charge in [-0.05, 0) is 0 Å². The summed E-state index contributed by atoms with van der Waals surface area (Å²) in [7, 11) is -2.24. The molecule has 1 amide bonds. The van der Waals surface area contributed by atoms with Crippen LogP contribution in [0.25, 0.3) is 0 Å². The normalized spacial score (nSPS) is 25.8. The molecule has 0 bridgehead atoms. The first kappa shape index (κ1) is 12.9. The highest BCUT2D eigenvalue weighted by molar-refractivity contribution is 7.89. The number of nitrogens with one attached hydrogen (secondary N) is 2. The van der Waals surface area contributed by atoms with Crippen LogP contribution in [-0.2, 0) is 24.3 Å². The Morgan fingerprint density at radius 3 is 2.81 bits per heavy atom. The van der Waals surface area contributed by atoms with Gasteiger partial charge >= 0.3 is 5.97 Å². The zero-order valence-electron chi connectivity index (χ0n) is 8.86. The van der Waals surface area contributed by atoms with Gasteiger partial charge in [0.05, 0.1) is 18.8 Å². The maximum absolute atomic E-state index is 11.3. The first-order chi connectivity index (χ1) is 7.44. The Kier molecular flexibility index (Phi) is 4.25. The summed E-state index contributed by atoms with van der Waals surface area (Å²) in [5, 5.41) is 2.42. The van der Waals surface area contributed by atoms with Crippen LogP contribution in [0.1, 0.15) is 6.42 Å². The van der Waals surface area contributed by atoms with E-state index in [1.54, 1.807) is 0 Å². The molecule has 1 saturated heterocycles. The summed E-state index contributed by atoms with van der Waals surface area (Å²) < 4.78 is 29.4. The second-order valence-electron chi connectivity index (χ2n) is 3.44. The van der Waals surface area contributed by atoms with E-state index in [0.717, 1.165) is 0 Å². The number of carbonyl (C=O) groups excluding carboxylic acids is 2. The summed E-state index contributed by atoms with van der Waals surface area (Å²) >= 11 is 0. The molecule has 0 saturated carbocycles. The molecule has 92 valence electrons. The van der Waals surface area contributed by atoms with Crippen LogP contribution in [0.15, 0.2) is 0 Å². The van der Waals surface area contributed by atoms with Crippen LogP contribution in [0.2, 0.25) is 0 Å². The molecule has 0 aromatic rings. The zero-order chi connectivity index (χ0) is 12.2. The highest BCUT2D eigenvalue weighted by atomic mass is 32.2. The predicted octanol–water partition coefficient (Wildman–Crippen LogP) is -1.79. The number of amides is 1. The first-order valence-electron chi connectivity index (χ1n) is 4.76. The third-order valence-electron chi connectivity index (χ3n) is 2.21. The average molecular weight is 250 g/mol. The Balaban J connectivity index is 2.77. The quantitative estimate of drug-likeness (QED) is 0.535. The zero-order valence-corrected chi connectivity index (χ0v) is 9.67. The molecule has 1 aliphatic rings. The van der Waals surface area contributed by atoms with E-state index < -0.39 is 21.9 Å². The van der Waals surface area contributed by atoms with E-state index in [0.29, 0.717) is 0 Å².